The molecule has 1 fully saturated rings. The number of ether oxygens (including phenoxy) is 2. The summed E-state index contributed by atoms with van der Waals surface area (Å²) in [6.45, 7) is 2.94. The van der Waals surface area contributed by atoms with Crippen LogP contribution in [0, 0.1) is 0 Å². The van der Waals surface area contributed by atoms with Crippen LogP contribution < -0.4 is 5.73 Å². The zero-order chi connectivity index (χ0) is 11.4. The van der Waals surface area contributed by atoms with Gasteiger partial charge in [-0.05, 0) is 13.3 Å². The maximum absolute atomic E-state index is 11.8. The molecule has 1 aliphatic rings. The largest absolute Gasteiger partial charge is 0.383 e. The molecular weight excluding hydrogens is 196 g/mol. The molecule has 2 N–H and O–H groups in total. The van der Waals surface area contributed by atoms with Gasteiger partial charge in [0, 0.05) is 20.8 Å². The van der Waals surface area contributed by atoms with Crippen LogP contribution >= 0.6 is 0 Å². The van der Waals surface area contributed by atoms with Crippen molar-refractivity contribution in [2.24, 2.45) is 5.73 Å². The number of carbonyl (C=O) groups is 1. The van der Waals surface area contributed by atoms with Crippen molar-refractivity contribution in [1.82, 2.24) is 4.90 Å². The Hall–Kier alpha value is -0.650. The first kappa shape index (κ1) is 12.4. The van der Waals surface area contributed by atoms with E-state index < -0.39 is 6.04 Å². The van der Waals surface area contributed by atoms with E-state index in [1.54, 1.807) is 11.9 Å². The van der Waals surface area contributed by atoms with Crippen molar-refractivity contribution in [3.8, 4) is 0 Å². The van der Waals surface area contributed by atoms with Crippen LogP contribution in [0.3, 0.4) is 0 Å². The lowest BCUT2D eigenvalue weighted by Crippen LogP contribution is -2.50. The third-order valence-electron chi connectivity index (χ3n) is 2.84. The minimum Gasteiger partial charge on any atom is -0.383 e. The average Bonchev–Trinajstić information content (AvgIpc) is 2.62. The fourth-order valence-corrected chi connectivity index (χ4v) is 1.90. The van der Waals surface area contributed by atoms with Crippen LogP contribution in [-0.4, -0.2) is 56.4 Å². The van der Waals surface area contributed by atoms with Crippen molar-refractivity contribution < 1.29 is 14.3 Å². The van der Waals surface area contributed by atoms with Crippen LogP contribution in [0.15, 0.2) is 0 Å². The Morgan fingerprint density at radius 1 is 1.73 bits per heavy atom. The fourth-order valence-electron chi connectivity index (χ4n) is 1.90. The van der Waals surface area contributed by atoms with Gasteiger partial charge in [0.05, 0.1) is 18.8 Å². The summed E-state index contributed by atoms with van der Waals surface area (Å²) in [5, 5.41) is 0. The second kappa shape index (κ2) is 5.44. The van der Waals surface area contributed by atoms with Crippen molar-refractivity contribution in [2.45, 2.75) is 31.5 Å². The van der Waals surface area contributed by atoms with E-state index in [9.17, 15) is 4.79 Å². The van der Waals surface area contributed by atoms with E-state index in [2.05, 4.69) is 0 Å². The Bertz CT molecular complexity index is 223. The highest BCUT2D eigenvalue weighted by Crippen LogP contribution is 2.18. The quantitative estimate of drug-likeness (QED) is 0.694. The molecule has 1 amide bonds. The van der Waals surface area contributed by atoms with Gasteiger partial charge in [0.25, 0.3) is 0 Å². The number of nitrogens with zero attached hydrogens (tertiary/aromatic N) is 1. The molecule has 1 saturated heterocycles. The Morgan fingerprint density at radius 3 is 2.87 bits per heavy atom. The molecule has 3 unspecified atom stereocenters. The van der Waals surface area contributed by atoms with E-state index in [1.807, 2.05) is 6.92 Å². The van der Waals surface area contributed by atoms with E-state index in [0.29, 0.717) is 6.61 Å². The molecular formula is C10H20N2O3. The van der Waals surface area contributed by atoms with Gasteiger partial charge in [0.15, 0.2) is 0 Å². The topological polar surface area (TPSA) is 64.8 Å². The minimum absolute atomic E-state index is 0.0841. The van der Waals surface area contributed by atoms with E-state index in [0.717, 1.165) is 6.42 Å². The molecule has 5 heteroatoms. The predicted molar refractivity (Wildman–Crippen MR) is 56.4 cm³/mol. The maximum Gasteiger partial charge on any atom is 0.241 e. The molecule has 1 rings (SSSR count). The summed E-state index contributed by atoms with van der Waals surface area (Å²) in [7, 11) is 3.31. The summed E-state index contributed by atoms with van der Waals surface area (Å²) in [6.07, 6.45) is 0.969. The van der Waals surface area contributed by atoms with Crippen LogP contribution in [0.25, 0.3) is 0 Å². The van der Waals surface area contributed by atoms with Crippen LogP contribution in [0.2, 0.25) is 0 Å². The summed E-state index contributed by atoms with van der Waals surface area (Å²) < 4.78 is 10.3. The van der Waals surface area contributed by atoms with Crippen molar-refractivity contribution in [3.63, 3.8) is 0 Å². The third kappa shape index (κ3) is 2.90. The molecule has 0 spiro atoms. The first-order chi connectivity index (χ1) is 7.07. The number of nitrogens with two attached hydrogens (primary N) is 1. The zero-order valence-corrected chi connectivity index (χ0v) is 9.60. The van der Waals surface area contributed by atoms with Crippen molar-refractivity contribution in [1.29, 1.82) is 0 Å². The molecule has 0 aromatic carbocycles. The van der Waals surface area contributed by atoms with Crippen molar-refractivity contribution in [3.05, 3.63) is 0 Å². The Kier molecular flexibility index (Phi) is 4.50. The van der Waals surface area contributed by atoms with E-state index in [-0.39, 0.29) is 24.7 Å². The van der Waals surface area contributed by atoms with Gasteiger partial charge in [0.2, 0.25) is 5.91 Å². The monoisotopic (exact) mass is 216 g/mol. The molecule has 88 valence electrons. The highest BCUT2D eigenvalue weighted by molar-refractivity contribution is 5.81. The van der Waals surface area contributed by atoms with Crippen LogP contribution in [0.1, 0.15) is 13.3 Å². The number of likely N-dealkylation sites (N-methyl/N-ethyl adjacent to an activating group) is 1. The molecule has 0 saturated carbocycles. The highest BCUT2D eigenvalue weighted by atomic mass is 16.5. The molecule has 1 heterocycles. The molecule has 3 atom stereocenters. The zero-order valence-electron chi connectivity index (χ0n) is 9.60. The van der Waals surface area contributed by atoms with Gasteiger partial charge in [-0.2, -0.15) is 0 Å². The van der Waals surface area contributed by atoms with Gasteiger partial charge < -0.3 is 20.1 Å². The standard InChI is InChI=1S/C10H20N2O3/c1-7-9(4-5-15-7)12(2)10(13)8(11)6-14-3/h7-9H,4-6,11H2,1-3H3. The summed E-state index contributed by atoms with van der Waals surface area (Å²) in [5.41, 5.74) is 5.68. The number of methoxy groups -OCH3 is 1. The smallest absolute Gasteiger partial charge is 0.241 e. The lowest BCUT2D eigenvalue weighted by atomic mass is 10.1. The fraction of sp³-hybridized carbons (Fsp3) is 0.900. The van der Waals surface area contributed by atoms with Crippen molar-refractivity contribution in [2.75, 3.05) is 27.4 Å². The number of rotatable bonds is 4. The molecule has 0 aliphatic carbocycles. The molecule has 15 heavy (non-hydrogen) atoms. The van der Waals surface area contributed by atoms with Gasteiger partial charge in [-0.25, -0.2) is 0 Å². The van der Waals surface area contributed by atoms with Crippen LogP contribution in [-0.2, 0) is 14.3 Å². The SMILES string of the molecule is COCC(N)C(=O)N(C)C1CCOC1C. The van der Waals surface area contributed by atoms with Gasteiger partial charge in [0.1, 0.15) is 6.04 Å². The molecule has 0 aromatic rings. The van der Waals surface area contributed by atoms with Crippen molar-refractivity contribution >= 4 is 5.91 Å². The number of amides is 1. The molecule has 1 aliphatic heterocycles. The van der Waals surface area contributed by atoms with Gasteiger partial charge in [-0.15, -0.1) is 0 Å². The average molecular weight is 216 g/mol. The highest BCUT2D eigenvalue weighted by Gasteiger charge is 2.32. The minimum atomic E-state index is -0.576. The molecule has 5 nitrogen and oxygen atoms in total. The maximum atomic E-state index is 11.8. The second-order valence-corrected chi connectivity index (χ2v) is 3.94. The lowest BCUT2D eigenvalue weighted by molar-refractivity contribution is -0.135. The van der Waals surface area contributed by atoms with Crippen LogP contribution in [0.5, 0.6) is 0 Å². The first-order valence-electron chi connectivity index (χ1n) is 5.20. The summed E-state index contributed by atoms with van der Waals surface area (Å²) in [5.74, 6) is -0.0841. The molecule has 0 aromatic heterocycles. The number of carbonyl (C=O) groups excluding carboxylic acids is 1. The number of hydrogen-bond donors (Lipinski definition) is 1. The third-order valence-corrected chi connectivity index (χ3v) is 2.84. The predicted octanol–water partition coefficient (Wildman–Crippen LogP) is -0.404. The summed E-state index contributed by atoms with van der Waals surface area (Å²) >= 11 is 0. The van der Waals surface area contributed by atoms with Gasteiger partial charge in [-0.3, -0.25) is 4.79 Å². The van der Waals surface area contributed by atoms with Gasteiger partial charge >= 0.3 is 0 Å². The molecule has 0 radical (unpaired) electrons. The Balaban J connectivity index is 2.51. The van der Waals surface area contributed by atoms with Crippen LogP contribution in [0.4, 0.5) is 0 Å². The van der Waals surface area contributed by atoms with Gasteiger partial charge in [-0.1, -0.05) is 0 Å². The second-order valence-electron chi connectivity index (χ2n) is 3.94. The number of hydrogen-bond acceptors (Lipinski definition) is 4. The van der Waals surface area contributed by atoms with E-state index >= 15 is 0 Å². The normalized spacial score (nSPS) is 27.7. The lowest BCUT2D eigenvalue weighted by Gasteiger charge is -2.28. The molecule has 0 bridgehead atoms. The van der Waals surface area contributed by atoms with E-state index in [1.165, 1.54) is 7.11 Å². The van der Waals surface area contributed by atoms with E-state index in [4.69, 9.17) is 15.2 Å². The Labute approximate surface area is 90.5 Å². The summed E-state index contributed by atoms with van der Waals surface area (Å²) in [6, 6.07) is -0.437. The Morgan fingerprint density at radius 2 is 2.40 bits per heavy atom. The summed E-state index contributed by atoms with van der Waals surface area (Å²) in [4.78, 5) is 13.5. The first-order valence-corrected chi connectivity index (χ1v) is 5.20.